The fourth-order valence-electron chi connectivity index (χ4n) is 1.57. The minimum Gasteiger partial charge on any atom is -0.384 e. The van der Waals surface area contributed by atoms with Crippen molar-refractivity contribution >= 4 is 21.7 Å². The van der Waals surface area contributed by atoms with Crippen molar-refractivity contribution in [1.82, 2.24) is 4.90 Å². The second-order valence-corrected chi connectivity index (χ2v) is 6.20. The number of para-hydroxylation sites is 1. The first-order valence-electron chi connectivity index (χ1n) is 6.20. The lowest BCUT2D eigenvalue weighted by molar-refractivity contribution is 0.0828. The molecule has 0 fully saturated rings. The Kier molecular flexibility index (Phi) is 5.97. The Balaban J connectivity index is 2.54. The van der Waals surface area contributed by atoms with Crippen molar-refractivity contribution < 1.29 is 17.4 Å². The molecule has 20 heavy (non-hydrogen) atoms. The molecular formula is C13H20N2O4S. The zero-order chi connectivity index (χ0) is 15.2. The van der Waals surface area contributed by atoms with Gasteiger partial charge in [0.15, 0.2) is 0 Å². The summed E-state index contributed by atoms with van der Waals surface area (Å²) in [7, 11) is -0.00360. The molecular weight excluding hydrogens is 280 g/mol. The molecule has 0 aliphatic carbocycles. The van der Waals surface area contributed by atoms with Crippen LogP contribution in [0.5, 0.6) is 0 Å². The first-order chi connectivity index (χ1) is 9.31. The fraction of sp³-hybridized carbons (Fsp3) is 0.462. The minimum atomic E-state index is -3.39. The summed E-state index contributed by atoms with van der Waals surface area (Å²) in [5.41, 5.74) is 1.31. The zero-order valence-corrected chi connectivity index (χ0v) is 12.7. The van der Waals surface area contributed by atoms with Crippen LogP contribution in [0.15, 0.2) is 24.3 Å². The molecule has 0 spiro atoms. The predicted molar refractivity (Wildman–Crippen MR) is 78.4 cm³/mol. The quantitative estimate of drug-likeness (QED) is 0.604. The van der Waals surface area contributed by atoms with Gasteiger partial charge in [-0.2, -0.15) is 8.42 Å². The van der Waals surface area contributed by atoms with Crippen molar-refractivity contribution in [3.8, 4) is 0 Å². The number of hydrogen-bond acceptors (Lipinski definition) is 5. The molecule has 0 radical (unpaired) electrons. The molecule has 0 atom stereocenters. The molecule has 1 amide bonds. The second-order valence-electron chi connectivity index (χ2n) is 4.55. The largest absolute Gasteiger partial charge is 0.384 e. The molecule has 0 saturated carbocycles. The smallest absolute Gasteiger partial charge is 0.264 e. The van der Waals surface area contributed by atoms with Crippen LogP contribution in [-0.4, -0.2) is 52.7 Å². The van der Waals surface area contributed by atoms with E-state index in [0.29, 0.717) is 18.5 Å². The summed E-state index contributed by atoms with van der Waals surface area (Å²) < 4.78 is 26.2. The molecule has 1 aromatic carbocycles. The summed E-state index contributed by atoms with van der Waals surface area (Å²) in [4.78, 5) is 13.5. The lowest BCUT2D eigenvalue weighted by Gasteiger charge is -2.15. The monoisotopic (exact) mass is 300 g/mol. The maximum atomic E-state index is 12.0. The van der Waals surface area contributed by atoms with Crippen LogP contribution < -0.4 is 5.32 Å². The van der Waals surface area contributed by atoms with Crippen LogP contribution in [-0.2, 0) is 14.3 Å². The standard InChI is InChI=1S/C13H20N2O4S/c1-15(2)13(16)11-7-4-5-8-12(11)14-9-6-10-19-20(3,17)18/h4-5,7-8,14H,6,9-10H2,1-3H3. The zero-order valence-electron chi connectivity index (χ0n) is 11.9. The van der Waals surface area contributed by atoms with E-state index in [1.165, 1.54) is 4.90 Å². The van der Waals surface area contributed by atoms with Crippen molar-refractivity contribution in [2.24, 2.45) is 0 Å². The second kappa shape index (κ2) is 7.25. The Hall–Kier alpha value is -1.60. The molecule has 0 heterocycles. The highest BCUT2D eigenvalue weighted by molar-refractivity contribution is 7.85. The van der Waals surface area contributed by atoms with E-state index in [1.807, 2.05) is 12.1 Å². The number of anilines is 1. The minimum absolute atomic E-state index is 0.0829. The van der Waals surface area contributed by atoms with Crippen LogP contribution in [0, 0.1) is 0 Å². The third-order valence-corrected chi connectivity index (χ3v) is 3.09. The average molecular weight is 300 g/mol. The highest BCUT2D eigenvalue weighted by atomic mass is 32.2. The summed E-state index contributed by atoms with van der Waals surface area (Å²) in [6.07, 6.45) is 1.54. The lowest BCUT2D eigenvalue weighted by atomic mass is 10.1. The predicted octanol–water partition coefficient (Wildman–Crippen LogP) is 1.17. The fourth-order valence-corrected chi connectivity index (χ4v) is 1.99. The molecule has 1 N–H and O–H groups in total. The lowest BCUT2D eigenvalue weighted by Crippen LogP contribution is -2.23. The third-order valence-electron chi connectivity index (χ3n) is 2.50. The van der Waals surface area contributed by atoms with Crippen LogP contribution >= 0.6 is 0 Å². The Morgan fingerprint density at radius 3 is 2.55 bits per heavy atom. The van der Waals surface area contributed by atoms with Crippen LogP contribution in [0.4, 0.5) is 5.69 Å². The Morgan fingerprint density at radius 2 is 1.95 bits per heavy atom. The number of amides is 1. The van der Waals surface area contributed by atoms with Crippen LogP contribution in [0.25, 0.3) is 0 Å². The highest BCUT2D eigenvalue weighted by Gasteiger charge is 2.12. The molecule has 0 saturated heterocycles. The number of hydrogen-bond donors (Lipinski definition) is 1. The molecule has 7 heteroatoms. The van der Waals surface area contributed by atoms with E-state index in [2.05, 4.69) is 9.50 Å². The van der Waals surface area contributed by atoms with Gasteiger partial charge in [0, 0.05) is 26.3 Å². The number of nitrogens with zero attached hydrogens (tertiary/aromatic N) is 1. The van der Waals surface area contributed by atoms with Gasteiger partial charge < -0.3 is 10.2 Å². The van der Waals surface area contributed by atoms with Crippen LogP contribution in [0.3, 0.4) is 0 Å². The van der Waals surface area contributed by atoms with Gasteiger partial charge in [0.2, 0.25) is 0 Å². The summed E-state index contributed by atoms with van der Waals surface area (Å²) in [6, 6.07) is 7.20. The van der Waals surface area contributed by atoms with Gasteiger partial charge in [-0.3, -0.25) is 8.98 Å². The highest BCUT2D eigenvalue weighted by Crippen LogP contribution is 2.16. The first kappa shape index (κ1) is 16.5. The van der Waals surface area contributed by atoms with Gasteiger partial charge in [-0.1, -0.05) is 12.1 Å². The summed E-state index contributed by atoms with van der Waals surface area (Å²) >= 11 is 0. The number of rotatable bonds is 7. The summed E-state index contributed by atoms with van der Waals surface area (Å²) in [5.74, 6) is -0.0829. The average Bonchev–Trinajstić information content (AvgIpc) is 2.36. The Bertz CT molecular complexity index is 555. The van der Waals surface area contributed by atoms with E-state index in [-0.39, 0.29) is 12.5 Å². The summed E-state index contributed by atoms with van der Waals surface area (Å²) in [5, 5.41) is 3.11. The van der Waals surface area contributed by atoms with Crippen LogP contribution in [0.2, 0.25) is 0 Å². The normalized spacial score (nSPS) is 11.2. The number of nitrogens with one attached hydrogen (secondary N) is 1. The molecule has 0 bridgehead atoms. The molecule has 0 aliphatic rings. The number of carbonyl (C=O) groups is 1. The summed E-state index contributed by atoms with van der Waals surface area (Å²) in [6.45, 7) is 0.642. The number of benzene rings is 1. The van der Waals surface area contributed by atoms with Crippen molar-refractivity contribution in [3.63, 3.8) is 0 Å². The van der Waals surface area contributed by atoms with E-state index in [0.717, 1.165) is 11.9 Å². The van der Waals surface area contributed by atoms with E-state index in [1.54, 1.807) is 26.2 Å². The van der Waals surface area contributed by atoms with Crippen LogP contribution in [0.1, 0.15) is 16.8 Å². The molecule has 1 aromatic rings. The van der Waals surface area contributed by atoms with Crippen molar-refractivity contribution in [2.75, 3.05) is 38.8 Å². The molecule has 1 rings (SSSR count). The van der Waals surface area contributed by atoms with E-state index >= 15 is 0 Å². The molecule has 0 unspecified atom stereocenters. The maximum Gasteiger partial charge on any atom is 0.264 e. The van der Waals surface area contributed by atoms with Gasteiger partial charge in [0.1, 0.15) is 0 Å². The topological polar surface area (TPSA) is 75.7 Å². The van der Waals surface area contributed by atoms with E-state index in [9.17, 15) is 13.2 Å². The van der Waals surface area contributed by atoms with Gasteiger partial charge in [0.05, 0.1) is 18.4 Å². The Labute approximate surface area is 119 Å². The first-order valence-corrected chi connectivity index (χ1v) is 8.02. The van der Waals surface area contributed by atoms with Gasteiger partial charge in [-0.15, -0.1) is 0 Å². The Morgan fingerprint density at radius 1 is 1.30 bits per heavy atom. The molecule has 0 aromatic heterocycles. The SMILES string of the molecule is CN(C)C(=O)c1ccccc1NCCCOS(C)(=O)=O. The number of carbonyl (C=O) groups excluding carboxylic acids is 1. The van der Waals surface area contributed by atoms with Gasteiger partial charge >= 0.3 is 0 Å². The van der Waals surface area contributed by atoms with Crippen molar-refractivity contribution in [2.45, 2.75) is 6.42 Å². The van der Waals surface area contributed by atoms with Crippen molar-refractivity contribution in [1.29, 1.82) is 0 Å². The van der Waals surface area contributed by atoms with Gasteiger partial charge in [0.25, 0.3) is 16.0 Å². The van der Waals surface area contributed by atoms with Gasteiger partial charge in [-0.25, -0.2) is 0 Å². The molecule has 0 aliphatic heterocycles. The van der Waals surface area contributed by atoms with E-state index in [4.69, 9.17) is 0 Å². The maximum absolute atomic E-state index is 12.0. The van der Waals surface area contributed by atoms with Gasteiger partial charge in [-0.05, 0) is 18.6 Å². The third kappa shape index (κ3) is 5.58. The molecule has 112 valence electrons. The van der Waals surface area contributed by atoms with E-state index < -0.39 is 10.1 Å². The molecule has 6 nitrogen and oxygen atoms in total. The van der Waals surface area contributed by atoms with Crippen molar-refractivity contribution in [3.05, 3.63) is 29.8 Å².